The summed E-state index contributed by atoms with van der Waals surface area (Å²) in [6.45, 7) is 4.02. The van der Waals surface area contributed by atoms with Crippen molar-refractivity contribution in [2.75, 3.05) is 5.32 Å². The molecule has 4 nitrogen and oxygen atoms in total. The van der Waals surface area contributed by atoms with E-state index in [0.717, 1.165) is 34.5 Å². The van der Waals surface area contributed by atoms with Crippen LogP contribution in [-0.2, 0) is 4.79 Å². The van der Waals surface area contributed by atoms with Crippen LogP contribution in [0.2, 0.25) is 0 Å². The van der Waals surface area contributed by atoms with Gasteiger partial charge in [-0.2, -0.15) is 0 Å². The molecule has 3 aromatic rings. The number of ketones is 1. The zero-order chi connectivity index (χ0) is 19.3. The summed E-state index contributed by atoms with van der Waals surface area (Å²) in [5, 5.41) is 7.57. The number of aryl methyl sites for hydroxylation is 2. The first-order valence-electron chi connectivity index (χ1n) is 9.72. The minimum Gasteiger partial charge on any atom is -0.338 e. The fraction of sp³-hybridized carbons (Fsp3) is 0.250. The van der Waals surface area contributed by atoms with E-state index in [2.05, 4.69) is 53.8 Å². The third-order valence-corrected chi connectivity index (χ3v) is 5.90. The monoisotopic (exact) mass is 370 g/mol. The number of hydrogen-bond acceptors (Lipinski definition) is 4. The Morgan fingerprint density at radius 1 is 1.00 bits per heavy atom. The van der Waals surface area contributed by atoms with Crippen LogP contribution < -0.4 is 5.32 Å². The average molecular weight is 370 g/mol. The van der Waals surface area contributed by atoms with Crippen LogP contribution in [0.15, 0.2) is 70.4 Å². The molecule has 4 heteroatoms. The predicted octanol–water partition coefficient (Wildman–Crippen LogP) is 5.25. The van der Waals surface area contributed by atoms with Gasteiger partial charge in [0.2, 0.25) is 5.88 Å². The summed E-state index contributed by atoms with van der Waals surface area (Å²) in [7, 11) is 0. The van der Waals surface area contributed by atoms with Crippen LogP contribution in [0.4, 0.5) is 5.88 Å². The van der Waals surface area contributed by atoms with Gasteiger partial charge in [-0.05, 0) is 37.3 Å². The summed E-state index contributed by atoms with van der Waals surface area (Å²) in [4.78, 5) is 13.4. The van der Waals surface area contributed by atoms with Crippen molar-refractivity contribution in [2.45, 2.75) is 38.5 Å². The van der Waals surface area contributed by atoms with Gasteiger partial charge in [-0.15, -0.1) is 0 Å². The molecule has 2 aliphatic rings. The zero-order valence-corrected chi connectivity index (χ0v) is 16.0. The first-order chi connectivity index (χ1) is 13.6. The third-order valence-electron chi connectivity index (χ3n) is 5.90. The van der Waals surface area contributed by atoms with Crippen molar-refractivity contribution in [1.82, 2.24) is 5.16 Å². The van der Waals surface area contributed by atoms with E-state index in [1.807, 2.05) is 25.1 Å². The number of aromatic nitrogens is 1. The number of carbonyl (C=O) groups excluding carboxylic acids is 1. The number of anilines is 1. The van der Waals surface area contributed by atoms with Crippen LogP contribution in [0.3, 0.4) is 0 Å². The molecule has 0 spiro atoms. The van der Waals surface area contributed by atoms with Gasteiger partial charge in [0.25, 0.3) is 0 Å². The molecule has 0 radical (unpaired) electrons. The molecular weight excluding hydrogens is 348 g/mol. The van der Waals surface area contributed by atoms with Crippen molar-refractivity contribution in [1.29, 1.82) is 0 Å². The number of hydrogen-bond donors (Lipinski definition) is 1. The molecule has 5 rings (SSSR count). The van der Waals surface area contributed by atoms with Gasteiger partial charge in [0.1, 0.15) is 0 Å². The summed E-state index contributed by atoms with van der Waals surface area (Å²) in [6.07, 6.45) is 1.33. The SMILES string of the molecule is Cc1cccc([C@@H]2C3=C(C[C@H](c4ccccc4)CC3=O)Nc3onc(C)c32)c1. The minimum atomic E-state index is -0.123. The molecular formula is C24H22N2O2. The summed E-state index contributed by atoms with van der Waals surface area (Å²) < 4.78 is 5.59. The Bertz CT molecular complexity index is 1090. The summed E-state index contributed by atoms with van der Waals surface area (Å²) in [5.74, 6) is 0.940. The molecule has 2 atom stereocenters. The number of benzene rings is 2. The van der Waals surface area contributed by atoms with Gasteiger partial charge < -0.3 is 9.84 Å². The van der Waals surface area contributed by atoms with Crippen molar-refractivity contribution in [2.24, 2.45) is 0 Å². The number of allylic oxidation sites excluding steroid dienone is 2. The van der Waals surface area contributed by atoms with Crippen molar-refractivity contribution < 1.29 is 9.32 Å². The Kier molecular flexibility index (Phi) is 3.93. The first-order valence-corrected chi connectivity index (χ1v) is 9.72. The van der Waals surface area contributed by atoms with Gasteiger partial charge in [-0.25, -0.2) is 0 Å². The van der Waals surface area contributed by atoms with Crippen LogP contribution in [0.5, 0.6) is 0 Å². The molecule has 2 aromatic carbocycles. The Morgan fingerprint density at radius 3 is 2.57 bits per heavy atom. The summed E-state index contributed by atoms with van der Waals surface area (Å²) in [5.41, 5.74) is 7.16. The second-order valence-electron chi connectivity index (χ2n) is 7.81. The van der Waals surface area contributed by atoms with Crippen LogP contribution in [0, 0.1) is 13.8 Å². The zero-order valence-electron chi connectivity index (χ0n) is 16.0. The molecule has 1 aromatic heterocycles. The van der Waals surface area contributed by atoms with Crippen molar-refractivity contribution in [3.05, 3.63) is 93.8 Å². The van der Waals surface area contributed by atoms with Crippen LogP contribution in [0.1, 0.15) is 52.6 Å². The van der Waals surface area contributed by atoms with Gasteiger partial charge >= 0.3 is 0 Å². The van der Waals surface area contributed by atoms with Gasteiger partial charge in [0.15, 0.2) is 5.78 Å². The quantitative estimate of drug-likeness (QED) is 0.669. The topological polar surface area (TPSA) is 55.1 Å². The maximum absolute atomic E-state index is 13.4. The largest absolute Gasteiger partial charge is 0.338 e. The molecule has 1 aliphatic heterocycles. The Hall–Kier alpha value is -3.14. The van der Waals surface area contributed by atoms with E-state index in [1.165, 1.54) is 11.1 Å². The molecule has 0 bridgehead atoms. The van der Waals surface area contributed by atoms with E-state index in [9.17, 15) is 4.79 Å². The number of nitrogens with zero attached hydrogens (tertiary/aromatic N) is 1. The fourth-order valence-electron chi connectivity index (χ4n) is 4.62. The molecule has 1 aliphatic carbocycles. The Labute approximate surface area is 164 Å². The lowest BCUT2D eigenvalue weighted by Gasteiger charge is -2.34. The van der Waals surface area contributed by atoms with E-state index in [0.29, 0.717) is 12.3 Å². The molecule has 0 fully saturated rings. The number of carbonyl (C=O) groups is 1. The van der Waals surface area contributed by atoms with E-state index in [1.54, 1.807) is 0 Å². The van der Waals surface area contributed by atoms with E-state index in [4.69, 9.17) is 4.52 Å². The third kappa shape index (κ3) is 2.68. The molecule has 0 saturated heterocycles. The lowest BCUT2D eigenvalue weighted by molar-refractivity contribution is -0.116. The highest BCUT2D eigenvalue weighted by atomic mass is 16.5. The van der Waals surface area contributed by atoms with Gasteiger partial charge in [0.05, 0.1) is 11.3 Å². The van der Waals surface area contributed by atoms with Gasteiger partial charge in [-0.3, -0.25) is 4.79 Å². The molecule has 0 amide bonds. The molecule has 28 heavy (non-hydrogen) atoms. The average Bonchev–Trinajstić information content (AvgIpc) is 3.07. The van der Waals surface area contributed by atoms with Crippen LogP contribution in [0.25, 0.3) is 0 Å². The summed E-state index contributed by atoms with van der Waals surface area (Å²) >= 11 is 0. The minimum absolute atomic E-state index is 0.123. The lowest BCUT2D eigenvalue weighted by atomic mass is 9.72. The van der Waals surface area contributed by atoms with Gasteiger partial charge in [-0.1, -0.05) is 65.3 Å². The standard InChI is InChI=1S/C24H22N2O2/c1-14-7-6-10-17(11-14)22-21-15(2)26-28-24(21)25-19-12-18(13-20(27)23(19)22)16-8-4-3-5-9-16/h3-11,18,22,25H,12-13H2,1-2H3/t18-,22-/m0/s1. The Balaban J connectivity index is 1.64. The predicted molar refractivity (Wildman–Crippen MR) is 108 cm³/mol. The fourth-order valence-corrected chi connectivity index (χ4v) is 4.62. The maximum atomic E-state index is 13.4. The van der Waals surface area contributed by atoms with E-state index in [-0.39, 0.29) is 17.6 Å². The highest BCUT2D eigenvalue weighted by Gasteiger charge is 2.41. The van der Waals surface area contributed by atoms with Crippen molar-refractivity contribution in [3.63, 3.8) is 0 Å². The lowest BCUT2D eigenvalue weighted by Crippen LogP contribution is -2.29. The molecule has 0 unspecified atom stereocenters. The number of Topliss-reactive ketones (excluding diaryl/α,β-unsaturated/α-hetero) is 1. The number of nitrogens with one attached hydrogen (secondary N) is 1. The van der Waals surface area contributed by atoms with Gasteiger partial charge in [0, 0.05) is 23.6 Å². The van der Waals surface area contributed by atoms with Crippen molar-refractivity contribution in [3.8, 4) is 0 Å². The number of rotatable bonds is 2. The summed E-state index contributed by atoms with van der Waals surface area (Å²) in [6, 6.07) is 18.7. The second-order valence-corrected chi connectivity index (χ2v) is 7.81. The van der Waals surface area contributed by atoms with Crippen molar-refractivity contribution >= 4 is 11.7 Å². The smallest absolute Gasteiger partial charge is 0.233 e. The maximum Gasteiger partial charge on any atom is 0.233 e. The van der Waals surface area contributed by atoms with E-state index < -0.39 is 0 Å². The Morgan fingerprint density at radius 2 is 1.79 bits per heavy atom. The van der Waals surface area contributed by atoms with E-state index >= 15 is 0 Å². The molecule has 140 valence electrons. The normalized spacial score (nSPS) is 21.1. The number of fused-ring (bicyclic) bond motifs is 1. The van der Waals surface area contributed by atoms with Crippen LogP contribution in [-0.4, -0.2) is 10.9 Å². The molecule has 0 saturated carbocycles. The molecule has 1 N–H and O–H groups in total. The molecule has 2 heterocycles. The highest BCUT2D eigenvalue weighted by Crippen LogP contribution is 2.49. The highest BCUT2D eigenvalue weighted by molar-refractivity contribution is 6.01. The second kappa shape index (κ2) is 6.48. The van der Waals surface area contributed by atoms with Crippen LogP contribution >= 0.6 is 0 Å². The first kappa shape index (κ1) is 17.0.